The highest BCUT2D eigenvalue weighted by molar-refractivity contribution is 7.93. The molecule has 65 heavy (non-hydrogen) atoms. The summed E-state index contributed by atoms with van der Waals surface area (Å²) in [5.41, 5.74) is 3.48. The minimum absolute atomic E-state index is 0.00183. The van der Waals surface area contributed by atoms with Gasteiger partial charge in [0.15, 0.2) is 5.78 Å². The summed E-state index contributed by atoms with van der Waals surface area (Å²) < 4.78 is 74.1. The number of ketones is 1. The molecule has 0 saturated heterocycles. The van der Waals surface area contributed by atoms with Crippen molar-refractivity contribution in [3.63, 3.8) is 0 Å². The molecule has 4 aliphatic rings. The topological polar surface area (TPSA) is 162 Å². The predicted octanol–water partition coefficient (Wildman–Crippen LogP) is 9.49. The van der Waals surface area contributed by atoms with Gasteiger partial charge in [-0.3, -0.25) is 18.2 Å². The lowest BCUT2D eigenvalue weighted by Crippen LogP contribution is -2.42. The van der Waals surface area contributed by atoms with Crippen LogP contribution in [-0.4, -0.2) is 69.5 Å². The summed E-state index contributed by atoms with van der Waals surface area (Å²) in [6.07, 6.45) is 6.63. The van der Waals surface area contributed by atoms with Crippen molar-refractivity contribution >= 4 is 66.4 Å². The molecule has 9 rings (SSSR count). The lowest BCUT2D eigenvalue weighted by atomic mass is 10.0. The predicted molar refractivity (Wildman–Crippen MR) is 249 cm³/mol. The number of esters is 1. The van der Waals surface area contributed by atoms with Crippen molar-refractivity contribution in [2.75, 3.05) is 21.7 Å². The third-order valence-electron chi connectivity index (χ3n) is 11.2. The fraction of sp³-hybridized carbons (Fsp3) is 0.375. The van der Waals surface area contributed by atoms with Gasteiger partial charge < -0.3 is 14.2 Å². The molecule has 2 aliphatic heterocycles. The molecule has 2 saturated carbocycles. The van der Waals surface area contributed by atoms with Gasteiger partial charge in [0, 0.05) is 18.8 Å². The van der Waals surface area contributed by atoms with Crippen LogP contribution in [0.2, 0.25) is 10.0 Å². The first-order chi connectivity index (χ1) is 30.8. The van der Waals surface area contributed by atoms with Crippen LogP contribution in [0.5, 0.6) is 11.8 Å². The number of sulfonamides is 2. The number of aromatic nitrogens is 2. The van der Waals surface area contributed by atoms with E-state index >= 15 is 0 Å². The van der Waals surface area contributed by atoms with Crippen LogP contribution in [0.15, 0.2) is 101 Å². The van der Waals surface area contributed by atoms with Crippen LogP contribution in [0.3, 0.4) is 0 Å². The number of nitrogens with zero attached hydrogens (tertiary/aromatic N) is 4. The van der Waals surface area contributed by atoms with Gasteiger partial charge in [-0.25, -0.2) is 26.8 Å². The molecule has 2 aromatic heterocycles. The lowest BCUT2D eigenvalue weighted by molar-refractivity contribution is -0.153. The third kappa shape index (κ3) is 10.6. The largest absolute Gasteiger partial charge is 0.471 e. The van der Waals surface area contributed by atoms with Gasteiger partial charge in [-0.15, -0.1) is 0 Å². The summed E-state index contributed by atoms with van der Waals surface area (Å²) in [7, 11) is -7.67. The molecule has 2 aliphatic carbocycles. The van der Waals surface area contributed by atoms with E-state index in [9.17, 15) is 26.4 Å². The Bertz CT molecular complexity index is 2860. The van der Waals surface area contributed by atoms with Gasteiger partial charge in [-0.05, 0) is 143 Å². The van der Waals surface area contributed by atoms with Gasteiger partial charge in [-0.2, -0.15) is 0 Å². The minimum Gasteiger partial charge on any atom is -0.471 e. The average molecular weight is 962 g/mol. The standard InChI is InChI=1S/C25H22Cl2N2O4S.C23H28N2O5S/c1-15-14-29(34(31,32)19-5-2-4-18(12-19)17-8-9-17)22-10-16(13-28-25(22)33-15)11-23(30)24-20(26)6-3-7-21(24)27;1-15-14-25(31(27,28)19-7-5-6-18(12-19)17-8-9-17)20-10-16(13-24-22(20)29-15)11-21(26)30-23(2,3)4/h2-7,10,12-13,15,17H,8-9,11,14H2,1H3;5-7,10,12-13,15,17H,8-9,11,14H2,1-4H3/t2*15-/m00/s1. The summed E-state index contributed by atoms with van der Waals surface area (Å²) in [6.45, 7) is 9.31. The first kappa shape index (κ1) is 46.3. The Morgan fingerprint density at radius 1 is 0.677 bits per heavy atom. The maximum absolute atomic E-state index is 13.7. The Hall–Kier alpha value is -5.22. The highest BCUT2D eigenvalue weighted by Gasteiger charge is 2.37. The van der Waals surface area contributed by atoms with Crippen LogP contribution < -0.4 is 18.1 Å². The maximum Gasteiger partial charge on any atom is 0.310 e. The quantitative estimate of drug-likeness (QED) is 0.0916. The number of hydrogen-bond acceptors (Lipinski definition) is 11. The zero-order valence-electron chi connectivity index (χ0n) is 36.7. The van der Waals surface area contributed by atoms with Crippen LogP contribution in [0.4, 0.5) is 11.4 Å². The number of carbonyl (C=O) groups excluding carboxylic acids is 2. The first-order valence-corrected chi connectivity index (χ1v) is 25.2. The number of rotatable bonds is 11. The van der Waals surface area contributed by atoms with Crippen molar-refractivity contribution in [1.82, 2.24) is 9.97 Å². The van der Waals surface area contributed by atoms with E-state index in [0.29, 0.717) is 34.3 Å². The maximum atomic E-state index is 13.7. The Balaban J connectivity index is 0.000000178. The van der Waals surface area contributed by atoms with Crippen LogP contribution in [0.1, 0.15) is 105 Å². The molecule has 0 amide bonds. The molecular weight excluding hydrogens is 912 g/mol. The molecule has 5 aromatic rings. The lowest BCUT2D eigenvalue weighted by Gasteiger charge is -2.33. The Morgan fingerprint density at radius 3 is 1.54 bits per heavy atom. The average Bonchev–Trinajstić information content (AvgIpc) is 4.18. The number of carbonyl (C=O) groups is 2. The number of anilines is 2. The van der Waals surface area contributed by atoms with Crippen LogP contribution in [0.25, 0.3) is 0 Å². The van der Waals surface area contributed by atoms with Crippen molar-refractivity contribution < 1.29 is 40.6 Å². The fourth-order valence-corrected chi connectivity index (χ4v) is 11.6. The molecule has 0 spiro atoms. The molecule has 0 bridgehead atoms. The number of hydrogen-bond donors (Lipinski definition) is 0. The number of halogens is 2. The second-order valence-electron chi connectivity index (χ2n) is 17.9. The summed E-state index contributed by atoms with van der Waals surface area (Å²) in [5.74, 6) is 0.663. The minimum atomic E-state index is -3.86. The summed E-state index contributed by atoms with van der Waals surface area (Å²) in [4.78, 5) is 34.3. The number of pyridine rings is 2. The Morgan fingerprint density at radius 2 is 1.11 bits per heavy atom. The molecule has 17 heteroatoms. The molecule has 3 aromatic carbocycles. The molecule has 2 fully saturated rings. The van der Waals surface area contributed by atoms with E-state index in [-0.39, 0.29) is 81.1 Å². The highest BCUT2D eigenvalue weighted by atomic mass is 35.5. The van der Waals surface area contributed by atoms with E-state index in [4.69, 9.17) is 37.4 Å². The van der Waals surface area contributed by atoms with Crippen LogP contribution in [0, 0.1) is 0 Å². The zero-order valence-corrected chi connectivity index (χ0v) is 39.8. The second kappa shape index (κ2) is 18.2. The van der Waals surface area contributed by atoms with Crippen LogP contribution in [-0.2, 0) is 42.4 Å². The Kier molecular flexibility index (Phi) is 13.0. The smallest absolute Gasteiger partial charge is 0.310 e. The van der Waals surface area contributed by atoms with Gasteiger partial charge in [0.1, 0.15) is 29.2 Å². The third-order valence-corrected chi connectivity index (χ3v) is 15.3. The van der Waals surface area contributed by atoms with Crippen molar-refractivity contribution in [2.24, 2.45) is 0 Å². The van der Waals surface area contributed by atoms with E-state index in [1.165, 1.54) is 21.0 Å². The summed E-state index contributed by atoms with van der Waals surface area (Å²) in [5, 5.41) is 0.528. The van der Waals surface area contributed by atoms with E-state index in [2.05, 4.69) is 9.97 Å². The van der Waals surface area contributed by atoms with Crippen molar-refractivity contribution in [1.29, 1.82) is 0 Å². The summed E-state index contributed by atoms with van der Waals surface area (Å²) in [6, 6.07) is 22.5. The van der Waals surface area contributed by atoms with Crippen molar-refractivity contribution in [2.45, 2.75) is 113 Å². The van der Waals surface area contributed by atoms with E-state index in [0.717, 1.165) is 36.8 Å². The van der Waals surface area contributed by atoms with Gasteiger partial charge in [0.05, 0.1) is 44.9 Å². The van der Waals surface area contributed by atoms with Crippen LogP contribution >= 0.6 is 23.2 Å². The summed E-state index contributed by atoms with van der Waals surface area (Å²) >= 11 is 12.4. The SMILES string of the molecule is C[C@H]1CN(S(=O)(=O)c2cccc(C3CC3)c2)c2cc(CC(=O)OC(C)(C)C)cnc2O1.C[C@H]1CN(S(=O)(=O)c2cccc(C3CC3)c2)c2cc(CC(=O)c3c(Cl)cccc3Cl)cnc2O1. The van der Waals surface area contributed by atoms with Gasteiger partial charge in [0.25, 0.3) is 20.0 Å². The highest BCUT2D eigenvalue weighted by Crippen LogP contribution is 2.43. The number of Topliss-reactive ketones (excluding diaryl/α,β-unsaturated/α-hetero) is 1. The number of benzene rings is 3. The molecule has 4 heterocycles. The van der Waals surface area contributed by atoms with E-state index in [1.54, 1.807) is 94.4 Å². The molecule has 0 radical (unpaired) electrons. The fourth-order valence-electron chi connectivity index (χ4n) is 7.80. The molecule has 0 unspecified atom stereocenters. The normalized spacial score (nSPS) is 18.3. The van der Waals surface area contributed by atoms with E-state index < -0.39 is 31.6 Å². The monoisotopic (exact) mass is 960 g/mol. The van der Waals surface area contributed by atoms with Gasteiger partial charge in [-0.1, -0.05) is 53.5 Å². The number of ether oxygens (including phenoxy) is 3. The van der Waals surface area contributed by atoms with Crippen molar-refractivity contribution in [3.05, 3.63) is 129 Å². The molecule has 13 nitrogen and oxygen atoms in total. The molecule has 342 valence electrons. The van der Waals surface area contributed by atoms with Crippen molar-refractivity contribution in [3.8, 4) is 11.8 Å². The molecular formula is C48H50Cl2N4O9S2. The van der Waals surface area contributed by atoms with Gasteiger partial charge >= 0.3 is 5.97 Å². The first-order valence-electron chi connectivity index (χ1n) is 21.5. The number of fused-ring (bicyclic) bond motifs is 2. The van der Waals surface area contributed by atoms with Gasteiger partial charge in [0.2, 0.25) is 11.8 Å². The zero-order chi connectivity index (χ0) is 46.4. The van der Waals surface area contributed by atoms with E-state index in [1.807, 2.05) is 19.1 Å². The molecule has 0 N–H and O–H groups in total. The Labute approximate surface area is 390 Å². The molecule has 2 atom stereocenters. The second-order valence-corrected chi connectivity index (χ2v) is 22.5.